The number of aromatic nitrogens is 4. The Balaban J connectivity index is 1.89. The Morgan fingerprint density at radius 2 is 1.95 bits per heavy atom. The molecule has 0 unspecified atom stereocenters. The number of hydrogen-bond acceptors (Lipinski definition) is 3. The van der Waals surface area contributed by atoms with Crippen molar-refractivity contribution in [1.82, 2.24) is 19.7 Å². The molecule has 6 heteroatoms. The zero-order valence-corrected chi connectivity index (χ0v) is 11.9. The minimum atomic E-state index is 0.187. The fourth-order valence-corrected chi connectivity index (χ4v) is 2.86. The highest BCUT2D eigenvalue weighted by Gasteiger charge is 2.17. The van der Waals surface area contributed by atoms with E-state index in [9.17, 15) is 0 Å². The lowest BCUT2D eigenvalue weighted by atomic mass is 9.96. The molecule has 1 aliphatic carbocycles. The van der Waals surface area contributed by atoms with E-state index >= 15 is 0 Å². The number of hydrogen-bond donors (Lipinski definition) is 0. The van der Waals surface area contributed by atoms with Gasteiger partial charge in [0.25, 0.3) is 0 Å². The van der Waals surface area contributed by atoms with E-state index in [-0.39, 0.29) is 5.28 Å². The van der Waals surface area contributed by atoms with E-state index < -0.39 is 0 Å². The van der Waals surface area contributed by atoms with E-state index in [0.717, 1.165) is 5.69 Å². The molecule has 2 aromatic heterocycles. The minimum absolute atomic E-state index is 0.187. The van der Waals surface area contributed by atoms with Gasteiger partial charge >= 0.3 is 0 Å². The van der Waals surface area contributed by atoms with Crippen molar-refractivity contribution < 1.29 is 0 Å². The number of nitrogens with zero attached hydrogens (tertiary/aromatic N) is 4. The van der Waals surface area contributed by atoms with Crippen LogP contribution in [0.1, 0.15) is 38.1 Å². The van der Waals surface area contributed by atoms with Crippen molar-refractivity contribution in [3.63, 3.8) is 0 Å². The van der Waals surface area contributed by atoms with Gasteiger partial charge in [0.15, 0.2) is 0 Å². The van der Waals surface area contributed by atoms with E-state index in [1.165, 1.54) is 38.3 Å². The molecule has 0 N–H and O–H groups in total. The van der Waals surface area contributed by atoms with Crippen LogP contribution in [-0.2, 0) is 0 Å². The maximum Gasteiger partial charge on any atom is 0.223 e. The Labute approximate surface area is 121 Å². The Morgan fingerprint density at radius 3 is 2.74 bits per heavy atom. The quantitative estimate of drug-likeness (QED) is 0.782. The molecule has 2 heterocycles. The third-order valence-electron chi connectivity index (χ3n) is 3.51. The molecule has 19 heavy (non-hydrogen) atoms. The molecule has 0 amide bonds. The van der Waals surface area contributed by atoms with E-state index in [2.05, 4.69) is 15.1 Å². The number of halogens is 2. The molecule has 0 aliphatic heterocycles. The maximum atomic E-state index is 6.09. The van der Waals surface area contributed by atoms with Crippen molar-refractivity contribution in [1.29, 1.82) is 0 Å². The van der Waals surface area contributed by atoms with Crippen LogP contribution < -0.4 is 0 Å². The second-order valence-electron chi connectivity index (χ2n) is 4.81. The fourth-order valence-electron chi connectivity index (χ4n) is 2.54. The van der Waals surface area contributed by atoms with Crippen LogP contribution in [0.2, 0.25) is 10.3 Å². The summed E-state index contributed by atoms with van der Waals surface area (Å²) in [5, 5.41) is 5.25. The lowest BCUT2D eigenvalue weighted by Crippen LogP contribution is -2.13. The lowest BCUT2D eigenvalue weighted by Gasteiger charge is -2.21. The van der Waals surface area contributed by atoms with Gasteiger partial charge in [-0.3, -0.25) is 4.68 Å². The van der Waals surface area contributed by atoms with E-state index in [1.54, 1.807) is 0 Å². The van der Waals surface area contributed by atoms with Crippen molar-refractivity contribution in [3.05, 3.63) is 28.8 Å². The van der Waals surface area contributed by atoms with Gasteiger partial charge in [0.1, 0.15) is 11.4 Å². The molecule has 0 aromatic carbocycles. The van der Waals surface area contributed by atoms with Crippen LogP contribution in [0.3, 0.4) is 0 Å². The van der Waals surface area contributed by atoms with Gasteiger partial charge in [-0.1, -0.05) is 30.9 Å². The average molecular weight is 297 g/mol. The van der Waals surface area contributed by atoms with Crippen molar-refractivity contribution >= 4 is 23.2 Å². The van der Waals surface area contributed by atoms with Gasteiger partial charge in [0.2, 0.25) is 5.28 Å². The Bertz CT molecular complexity index is 576. The van der Waals surface area contributed by atoms with Crippen molar-refractivity contribution in [2.45, 2.75) is 38.1 Å². The highest BCUT2D eigenvalue weighted by molar-refractivity contribution is 6.33. The summed E-state index contributed by atoms with van der Waals surface area (Å²) in [7, 11) is 0. The van der Waals surface area contributed by atoms with Crippen molar-refractivity contribution in [3.8, 4) is 11.4 Å². The SMILES string of the molecule is Clc1ncc(Cl)c(-c2ccn(C3CCCCC3)n2)n1. The third-order valence-corrected chi connectivity index (χ3v) is 3.97. The molecular weight excluding hydrogens is 283 g/mol. The van der Waals surface area contributed by atoms with E-state index in [1.807, 2.05) is 16.9 Å². The van der Waals surface area contributed by atoms with Crippen LogP contribution in [0.4, 0.5) is 0 Å². The molecule has 2 aromatic rings. The highest BCUT2D eigenvalue weighted by atomic mass is 35.5. The first-order valence-corrected chi connectivity index (χ1v) is 7.23. The summed E-state index contributed by atoms with van der Waals surface area (Å²) in [5.41, 5.74) is 1.34. The summed E-state index contributed by atoms with van der Waals surface area (Å²) in [6, 6.07) is 2.43. The molecule has 0 radical (unpaired) electrons. The summed E-state index contributed by atoms with van der Waals surface area (Å²) in [5.74, 6) is 0. The minimum Gasteiger partial charge on any atom is -0.269 e. The Kier molecular flexibility index (Phi) is 3.71. The predicted octanol–water partition coefficient (Wildman–Crippen LogP) is 4.15. The summed E-state index contributed by atoms with van der Waals surface area (Å²) >= 11 is 11.9. The topological polar surface area (TPSA) is 43.6 Å². The zero-order chi connectivity index (χ0) is 13.2. The molecule has 1 aliphatic rings. The third kappa shape index (κ3) is 2.74. The molecular formula is C13H14Cl2N4. The van der Waals surface area contributed by atoms with Gasteiger partial charge in [-0.25, -0.2) is 9.97 Å². The summed E-state index contributed by atoms with van der Waals surface area (Å²) < 4.78 is 2.03. The predicted molar refractivity (Wildman–Crippen MR) is 75.4 cm³/mol. The van der Waals surface area contributed by atoms with Gasteiger partial charge in [0, 0.05) is 6.20 Å². The van der Waals surface area contributed by atoms with Crippen LogP contribution in [0.15, 0.2) is 18.5 Å². The zero-order valence-electron chi connectivity index (χ0n) is 10.4. The van der Waals surface area contributed by atoms with Gasteiger partial charge in [0.05, 0.1) is 17.3 Å². The van der Waals surface area contributed by atoms with Gasteiger partial charge < -0.3 is 0 Å². The van der Waals surface area contributed by atoms with Crippen LogP contribution >= 0.6 is 23.2 Å². The summed E-state index contributed by atoms with van der Waals surface area (Å²) in [6.45, 7) is 0. The van der Waals surface area contributed by atoms with E-state index in [4.69, 9.17) is 23.2 Å². The van der Waals surface area contributed by atoms with Crippen LogP contribution in [0.25, 0.3) is 11.4 Å². The Morgan fingerprint density at radius 1 is 1.16 bits per heavy atom. The molecule has 1 fully saturated rings. The monoisotopic (exact) mass is 296 g/mol. The second-order valence-corrected chi connectivity index (χ2v) is 5.55. The van der Waals surface area contributed by atoms with Gasteiger partial charge in [-0.05, 0) is 30.5 Å². The van der Waals surface area contributed by atoms with Crippen molar-refractivity contribution in [2.75, 3.05) is 0 Å². The van der Waals surface area contributed by atoms with Crippen LogP contribution in [0.5, 0.6) is 0 Å². The van der Waals surface area contributed by atoms with Crippen molar-refractivity contribution in [2.24, 2.45) is 0 Å². The molecule has 0 atom stereocenters. The Hall–Kier alpha value is -1.13. The first kappa shape index (κ1) is 12.9. The lowest BCUT2D eigenvalue weighted by molar-refractivity contribution is 0.330. The maximum absolute atomic E-state index is 6.09. The van der Waals surface area contributed by atoms with Gasteiger partial charge in [-0.15, -0.1) is 0 Å². The molecule has 1 saturated carbocycles. The highest BCUT2D eigenvalue weighted by Crippen LogP contribution is 2.30. The second kappa shape index (κ2) is 5.47. The number of rotatable bonds is 2. The fraction of sp³-hybridized carbons (Fsp3) is 0.462. The molecule has 0 spiro atoms. The van der Waals surface area contributed by atoms with E-state index in [0.29, 0.717) is 16.8 Å². The van der Waals surface area contributed by atoms with Crippen LogP contribution in [0, 0.1) is 0 Å². The first-order chi connectivity index (χ1) is 9.24. The van der Waals surface area contributed by atoms with Crippen LogP contribution in [-0.4, -0.2) is 19.7 Å². The summed E-state index contributed by atoms with van der Waals surface area (Å²) in [4.78, 5) is 8.00. The molecule has 3 rings (SSSR count). The first-order valence-electron chi connectivity index (χ1n) is 6.47. The summed E-state index contributed by atoms with van der Waals surface area (Å²) in [6.07, 6.45) is 9.78. The molecule has 0 bridgehead atoms. The smallest absolute Gasteiger partial charge is 0.223 e. The largest absolute Gasteiger partial charge is 0.269 e. The molecule has 0 saturated heterocycles. The molecule has 4 nitrogen and oxygen atoms in total. The standard InChI is InChI=1S/C13H14Cl2N4/c14-10-8-16-13(15)17-12(10)11-6-7-19(18-11)9-4-2-1-3-5-9/h6-9H,1-5H2. The average Bonchev–Trinajstić information content (AvgIpc) is 2.92. The molecule has 100 valence electrons. The normalized spacial score (nSPS) is 16.7. The van der Waals surface area contributed by atoms with Gasteiger partial charge in [-0.2, -0.15) is 5.10 Å².